The number of piperidine rings is 1. The Morgan fingerprint density at radius 3 is 2.43 bits per heavy atom. The Morgan fingerprint density at radius 2 is 1.89 bits per heavy atom. The molecule has 0 aromatic heterocycles. The van der Waals surface area contributed by atoms with Crippen LogP contribution in [0.2, 0.25) is 5.02 Å². The van der Waals surface area contributed by atoms with Gasteiger partial charge in [-0.15, -0.1) is 0 Å². The summed E-state index contributed by atoms with van der Waals surface area (Å²) in [5, 5.41) is 0.349. The first kappa shape index (κ1) is 22.3. The van der Waals surface area contributed by atoms with Gasteiger partial charge in [0.1, 0.15) is 11.4 Å². The SMILES string of the molecule is COc1cc(N)c(Cl)cc1C(=O)C(C)CC1CCN(C(=O)OC(C)(C)C)CC1. The summed E-state index contributed by atoms with van der Waals surface area (Å²) in [6.07, 6.45) is 2.20. The Hall–Kier alpha value is -1.95. The lowest BCUT2D eigenvalue weighted by atomic mass is 9.84. The van der Waals surface area contributed by atoms with E-state index in [0.717, 1.165) is 19.3 Å². The first-order valence-electron chi connectivity index (χ1n) is 9.67. The molecule has 6 nitrogen and oxygen atoms in total. The van der Waals surface area contributed by atoms with E-state index in [1.165, 1.54) is 7.11 Å². The van der Waals surface area contributed by atoms with Gasteiger partial charge in [-0.2, -0.15) is 0 Å². The number of nitrogens with zero attached hydrogens (tertiary/aromatic N) is 1. The maximum atomic E-state index is 12.9. The summed E-state index contributed by atoms with van der Waals surface area (Å²) in [5.74, 6) is 0.645. The number of carbonyl (C=O) groups is 2. The monoisotopic (exact) mass is 410 g/mol. The normalized spacial score (nSPS) is 16.6. The van der Waals surface area contributed by atoms with E-state index in [2.05, 4.69) is 0 Å². The van der Waals surface area contributed by atoms with E-state index in [9.17, 15) is 9.59 Å². The number of Topliss-reactive ketones (excluding diaryl/α,β-unsaturated/α-hetero) is 1. The number of rotatable bonds is 5. The van der Waals surface area contributed by atoms with E-state index in [1.807, 2.05) is 27.7 Å². The number of ketones is 1. The number of hydrogen-bond acceptors (Lipinski definition) is 5. The number of nitrogen functional groups attached to an aromatic ring is 1. The summed E-state index contributed by atoms with van der Waals surface area (Å²) in [7, 11) is 1.51. The van der Waals surface area contributed by atoms with Crippen LogP contribution in [0.5, 0.6) is 5.75 Å². The van der Waals surface area contributed by atoms with Crippen LogP contribution in [-0.2, 0) is 4.74 Å². The molecule has 1 aromatic carbocycles. The van der Waals surface area contributed by atoms with E-state index in [4.69, 9.17) is 26.8 Å². The summed E-state index contributed by atoms with van der Waals surface area (Å²) in [6.45, 7) is 8.81. The van der Waals surface area contributed by atoms with Crippen LogP contribution < -0.4 is 10.5 Å². The van der Waals surface area contributed by atoms with Crippen molar-refractivity contribution in [2.75, 3.05) is 25.9 Å². The molecule has 2 rings (SSSR count). The second-order valence-electron chi connectivity index (χ2n) is 8.49. The molecular formula is C21H31ClN2O4. The summed E-state index contributed by atoms with van der Waals surface area (Å²) in [6, 6.07) is 3.17. The molecule has 1 unspecified atom stereocenters. The Balaban J connectivity index is 1.94. The number of ether oxygens (including phenoxy) is 2. The molecule has 0 spiro atoms. The van der Waals surface area contributed by atoms with Gasteiger partial charge >= 0.3 is 6.09 Å². The lowest BCUT2D eigenvalue weighted by Crippen LogP contribution is -2.42. The van der Waals surface area contributed by atoms with Gasteiger partial charge in [0.15, 0.2) is 5.78 Å². The van der Waals surface area contributed by atoms with Crippen LogP contribution in [0, 0.1) is 11.8 Å². The van der Waals surface area contributed by atoms with Crippen LogP contribution >= 0.6 is 11.6 Å². The highest BCUT2D eigenvalue weighted by atomic mass is 35.5. The second-order valence-corrected chi connectivity index (χ2v) is 8.89. The van der Waals surface area contributed by atoms with Gasteiger partial charge in [-0.1, -0.05) is 18.5 Å². The van der Waals surface area contributed by atoms with Gasteiger partial charge < -0.3 is 20.1 Å². The fraction of sp³-hybridized carbons (Fsp3) is 0.619. The molecule has 1 aromatic rings. The topological polar surface area (TPSA) is 81.9 Å². The summed E-state index contributed by atoms with van der Waals surface area (Å²) in [4.78, 5) is 26.9. The number of benzene rings is 1. The van der Waals surface area contributed by atoms with Gasteiger partial charge in [-0.25, -0.2) is 4.79 Å². The number of methoxy groups -OCH3 is 1. The molecular weight excluding hydrogens is 380 g/mol. The summed E-state index contributed by atoms with van der Waals surface area (Å²) in [5.41, 5.74) is 6.15. The van der Waals surface area contributed by atoms with E-state index < -0.39 is 5.60 Å². The molecule has 2 N–H and O–H groups in total. The van der Waals surface area contributed by atoms with Crippen molar-refractivity contribution in [2.24, 2.45) is 11.8 Å². The van der Waals surface area contributed by atoms with E-state index >= 15 is 0 Å². The second kappa shape index (κ2) is 9.03. The molecule has 1 saturated heterocycles. The van der Waals surface area contributed by atoms with Crippen molar-refractivity contribution in [3.05, 3.63) is 22.7 Å². The molecule has 1 heterocycles. The lowest BCUT2D eigenvalue weighted by molar-refractivity contribution is 0.0175. The molecule has 0 saturated carbocycles. The maximum absolute atomic E-state index is 12.9. The lowest BCUT2D eigenvalue weighted by Gasteiger charge is -2.34. The zero-order valence-corrected chi connectivity index (χ0v) is 18.1. The van der Waals surface area contributed by atoms with Crippen LogP contribution in [0.1, 0.15) is 57.3 Å². The van der Waals surface area contributed by atoms with Gasteiger partial charge in [0.05, 0.1) is 23.4 Å². The highest BCUT2D eigenvalue weighted by molar-refractivity contribution is 6.33. The van der Waals surface area contributed by atoms with Crippen LogP contribution in [0.3, 0.4) is 0 Å². The quantitative estimate of drug-likeness (QED) is 0.557. The Bertz CT molecular complexity index is 722. The third-order valence-electron chi connectivity index (χ3n) is 4.98. The van der Waals surface area contributed by atoms with Gasteiger partial charge in [0, 0.05) is 25.1 Å². The van der Waals surface area contributed by atoms with Gasteiger partial charge in [0.2, 0.25) is 0 Å². The molecule has 7 heteroatoms. The van der Waals surface area contributed by atoms with Crippen molar-refractivity contribution >= 4 is 29.2 Å². The number of amides is 1. The molecule has 0 bridgehead atoms. The number of nitrogens with two attached hydrogens (primary N) is 1. The van der Waals surface area contributed by atoms with Crippen LogP contribution in [-0.4, -0.2) is 42.6 Å². The predicted octanol–water partition coefficient (Wildman–Crippen LogP) is 4.79. The van der Waals surface area contributed by atoms with Crippen molar-refractivity contribution in [3.8, 4) is 5.75 Å². The van der Waals surface area contributed by atoms with Crippen molar-refractivity contribution in [3.63, 3.8) is 0 Å². The van der Waals surface area contributed by atoms with Gasteiger partial charge in [-0.3, -0.25) is 4.79 Å². The first-order chi connectivity index (χ1) is 13.0. The standard InChI is InChI=1S/C21H31ClN2O4/c1-13(19(25)15-11-16(22)17(23)12-18(15)27-5)10-14-6-8-24(9-7-14)20(26)28-21(2,3)4/h11-14H,6-10,23H2,1-5H3. The van der Waals surface area contributed by atoms with E-state index in [-0.39, 0.29) is 17.8 Å². The maximum Gasteiger partial charge on any atom is 0.410 e. The van der Waals surface area contributed by atoms with Crippen molar-refractivity contribution in [2.45, 2.75) is 52.6 Å². The zero-order chi connectivity index (χ0) is 21.1. The molecule has 0 radical (unpaired) electrons. The minimum absolute atomic E-state index is 0.00618. The average molecular weight is 411 g/mol. The highest BCUT2D eigenvalue weighted by Crippen LogP contribution is 2.33. The van der Waals surface area contributed by atoms with Gasteiger partial charge in [0.25, 0.3) is 0 Å². The van der Waals surface area contributed by atoms with Crippen molar-refractivity contribution in [1.29, 1.82) is 0 Å². The van der Waals surface area contributed by atoms with E-state index in [0.29, 0.717) is 41.0 Å². The minimum atomic E-state index is -0.492. The molecule has 0 aliphatic carbocycles. The summed E-state index contributed by atoms with van der Waals surface area (Å²) < 4.78 is 10.7. The van der Waals surface area contributed by atoms with Crippen LogP contribution in [0.15, 0.2) is 12.1 Å². The van der Waals surface area contributed by atoms with Crippen LogP contribution in [0.25, 0.3) is 0 Å². The fourth-order valence-corrected chi connectivity index (χ4v) is 3.64. The number of anilines is 1. The van der Waals surface area contributed by atoms with Gasteiger partial charge in [-0.05, 0) is 52.0 Å². The third-order valence-corrected chi connectivity index (χ3v) is 5.31. The smallest absolute Gasteiger partial charge is 0.410 e. The van der Waals surface area contributed by atoms with Crippen molar-refractivity contribution < 1.29 is 19.1 Å². The zero-order valence-electron chi connectivity index (χ0n) is 17.4. The van der Waals surface area contributed by atoms with Crippen molar-refractivity contribution in [1.82, 2.24) is 4.90 Å². The Kier molecular flexibility index (Phi) is 7.21. The molecule has 1 fully saturated rings. The Labute approximate surface area is 172 Å². The molecule has 28 heavy (non-hydrogen) atoms. The third kappa shape index (κ3) is 5.77. The molecule has 1 amide bonds. The largest absolute Gasteiger partial charge is 0.496 e. The Morgan fingerprint density at radius 1 is 1.29 bits per heavy atom. The van der Waals surface area contributed by atoms with Crippen LogP contribution in [0.4, 0.5) is 10.5 Å². The predicted molar refractivity (Wildman–Crippen MR) is 111 cm³/mol. The number of hydrogen-bond donors (Lipinski definition) is 1. The molecule has 1 aliphatic heterocycles. The molecule has 1 aliphatic rings. The fourth-order valence-electron chi connectivity index (χ4n) is 3.48. The van der Waals surface area contributed by atoms with E-state index in [1.54, 1.807) is 17.0 Å². The molecule has 156 valence electrons. The highest BCUT2D eigenvalue weighted by Gasteiger charge is 2.29. The minimum Gasteiger partial charge on any atom is -0.496 e. The number of halogens is 1. The first-order valence-corrected chi connectivity index (χ1v) is 10.0. The number of likely N-dealkylation sites (tertiary alicyclic amines) is 1. The molecule has 1 atom stereocenters. The summed E-state index contributed by atoms with van der Waals surface area (Å²) >= 11 is 6.09. The number of carbonyl (C=O) groups excluding carboxylic acids is 2. The average Bonchev–Trinajstić information content (AvgIpc) is 2.62.